The molecule has 0 saturated carbocycles. The average Bonchev–Trinajstić information content (AvgIpc) is 2.02. The van der Waals surface area contributed by atoms with Crippen LogP contribution in [-0.4, -0.2) is 14.7 Å². The lowest BCUT2D eigenvalue weighted by Gasteiger charge is -2.05. The Labute approximate surface area is 86.3 Å². The molecule has 0 unspecified atom stereocenters. The first-order valence-corrected chi connectivity index (χ1v) is 5.97. The van der Waals surface area contributed by atoms with Crippen molar-refractivity contribution < 1.29 is 17.2 Å². The van der Waals surface area contributed by atoms with Gasteiger partial charge in [-0.1, -0.05) is 0 Å². The van der Waals surface area contributed by atoms with Gasteiger partial charge in [-0.15, -0.1) is 12.6 Å². The average molecular weight is 238 g/mol. The molecular weight excluding hydrogens is 230 g/mol. The van der Waals surface area contributed by atoms with Crippen molar-refractivity contribution in [2.75, 3.05) is 6.26 Å². The van der Waals surface area contributed by atoms with Crippen molar-refractivity contribution in [1.82, 2.24) is 0 Å². The van der Waals surface area contributed by atoms with Crippen LogP contribution in [0.15, 0.2) is 28.0 Å². The lowest BCUT2D eigenvalue weighted by atomic mass is 10.2. The van der Waals surface area contributed by atoms with E-state index in [1.807, 2.05) is 0 Å². The summed E-state index contributed by atoms with van der Waals surface area (Å²) in [4.78, 5) is -0.0296. The first-order valence-electron chi connectivity index (χ1n) is 3.63. The minimum atomic E-state index is -3.44. The lowest BCUT2D eigenvalue weighted by molar-refractivity contribution is 0.148. The van der Waals surface area contributed by atoms with Crippen LogP contribution in [0.25, 0.3) is 0 Å². The van der Waals surface area contributed by atoms with Crippen molar-refractivity contribution in [3.8, 4) is 0 Å². The lowest BCUT2D eigenvalue weighted by Crippen LogP contribution is -1.99. The van der Waals surface area contributed by atoms with Crippen LogP contribution in [0.5, 0.6) is 0 Å². The van der Waals surface area contributed by atoms with Crippen LogP contribution in [0.2, 0.25) is 0 Å². The maximum absolute atomic E-state index is 12.4. The fourth-order valence-electron chi connectivity index (χ4n) is 0.938. The van der Waals surface area contributed by atoms with Gasteiger partial charge in [0, 0.05) is 16.7 Å². The predicted octanol–water partition coefficient (Wildman–Crippen LogP) is 2.32. The molecule has 1 rings (SSSR count). The minimum absolute atomic E-state index is 0.0902. The molecule has 0 aromatic heterocycles. The first kappa shape index (κ1) is 11.5. The molecule has 0 N–H and O–H groups in total. The number of alkyl halides is 2. The van der Waals surface area contributed by atoms with E-state index in [1.54, 1.807) is 0 Å². The molecule has 78 valence electrons. The number of rotatable bonds is 2. The van der Waals surface area contributed by atoms with Crippen LogP contribution in [-0.2, 0) is 9.84 Å². The van der Waals surface area contributed by atoms with Crippen molar-refractivity contribution >= 4 is 22.5 Å². The van der Waals surface area contributed by atoms with Crippen molar-refractivity contribution in [3.63, 3.8) is 0 Å². The number of hydrogen-bond acceptors (Lipinski definition) is 3. The number of halogens is 2. The third kappa shape index (κ3) is 2.45. The number of sulfone groups is 1. The summed E-state index contributed by atoms with van der Waals surface area (Å²) in [5.41, 5.74) is -0.365. The Bertz CT molecular complexity index is 441. The summed E-state index contributed by atoms with van der Waals surface area (Å²) in [6.45, 7) is 0. The Morgan fingerprint density at radius 2 is 1.93 bits per heavy atom. The third-order valence-electron chi connectivity index (χ3n) is 1.66. The molecular formula is C8H8F2O2S2. The van der Waals surface area contributed by atoms with Gasteiger partial charge >= 0.3 is 0 Å². The Balaban J connectivity index is 3.34. The van der Waals surface area contributed by atoms with Crippen LogP contribution in [0, 0.1) is 0 Å². The zero-order chi connectivity index (χ0) is 10.9. The van der Waals surface area contributed by atoms with E-state index in [0.717, 1.165) is 12.3 Å². The molecule has 0 aliphatic heterocycles. The topological polar surface area (TPSA) is 34.1 Å². The highest BCUT2D eigenvalue weighted by atomic mass is 32.2. The van der Waals surface area contributed by atoms with Crippen LogP contribution in [0.1, 0.15) is 12.0 Å². The number of thiol groups is 1. The summed E-state index contributed by atoms with van der Waals surface area (Å²) in [6, 6.07) is 3.45. The van der Waals surface area contributed by atoms with Gasteiger partial charge in [-0.2, -0.15) is 0 Å². The van der Waals surface area contributed by atoms with Crippen LogP contribution < -0.4 is 0 Å². The Morgan fingerprint density at radius 3 is 2.36 bits per heavy atom. The molecule has 0 fully saturated rings. The van der Waals surface area contributed by atoms with Crippen LogP contribution in [0.4, 0.5) is 8.78 Å². The van der Waals surface area contributed by atoms with Crippen molar-refractivity contribution in [2.24, 2.45) is 0 Å². The van der Waals surface area contributed by atoms with Gasteiger partial charge in [0.2, 0.25) is 0 Å². The Hall–Kier alpha value is -0.620. The minimum Gasteiger partial charge on any atom is -0.224 e. The summed E-state index contributed by atoms with van der Waals surface area (Å²) in [6.07, 6.45) is -1.75. The largest absolute Gasteiger partial charge is 0.264 e. The Morgan fingerprint density at radius 1 is 1.36 bits per heavy atom. The highest BCUT2D eigenvalue weighted by Gasteiger charge is 2.15. The van der Waals surface area contributed by atoms with Gasteiger partial charge in [0.1, 0.15) is 0 Å². The summed E-state index contributed by atoms with van der Waals surface area (Å²) in [5.74, 6) is 0. The van der Waals surface area contributed by atoms with Gasteiger partial charge in [-0.25, -0.2) is 17.2 Å². The molecule has 0 heterocycles. The highest BCUT2D eigenvalue weighted by Crippen LogP contribution is 2.27. The quantitative estimate of drug-likeness (QED) is 0.802. The monoisotopic (exact) mass is 238 g/mol. The van der Waals surface area contributed by atoms with Crippen molar-refractivity contribution in [1.29, 1.82) is 0 Å². The van der Waals surface area contributed by atoms with E-state index < -0.39 is 16.3 Å². The number of hydrogen-bond donors (Lipinski definition) is 1. The molecule has 0 aliphatic carbocycles. The number of benzene rings is 1. The zero-order valence-corrected chi connectivity index (χ0v) is 8.95. The van der Waals surface area contributed by atoms with Crippen molar-refractivity contribution in [2.45, 2.75) is 16.2 Å². The molecule has 0 aliphatic rings. The van der Waals surface area contributed by atoms with E-state index in [4.69, 9.17) is 0 Å². The first-order chi connectivity index (χ1) is 6.32. The second kappa shape index (κ2) is 3.86. The molecule has 6 heteroatoms. The van der Waals surface area contributed by atoms with E-state index in [-0.39, 0.29) is 15.4 Å². The summed E-state index contributed by atoms with van der Waals surface area (Å²) >= 11 is 3.81. The maximum atomic E-state index is 12.4. The Kier molecular flexibility index (Phi) is 3.16. The summed E-state index contributed by atoms with van der Waals surface area (Å²) in [7, 11) is -3.44. The van der Waals surface area contributed by atoms with Gasteiger partial charge in [0.15, 0.2) is 9.84 Å². The van der Waals surface area contributed by atoms with E-state index in [2.05, 4.69) is 12.6 Å². The molecule has 0 radical (unpaired) electrons. The smallest absolute Gasteiger partial charge is 0.224 e. The SMILES string of the molecule is CS(=O)(=O)c1ccc(S)c(C(F)F)c1. The second-order valence-electron chi connectivity index (χ2n) is 2.79. The summed E-state index contributed by atoms with van der Waals surface area (Å²) in [5, 5.41) is 0. The van der Waals surface area contributed by atoms with Gasteiger partial charge in [-0.05, 0) is 18.2 Å². The van der Waals surface area contributed by atoms with Gasteiger partial charge in [0.25, 0.3) is 6.43 Å². The van der Waals surface area contributed by atoms with Gasteiger partial charge in [-0.3, -0.25) is 0 Å². The maximum Gasteiger partial charge on any atom is 0.264 e. The van der Waals surface area contributed by atoms with Gasteiger partial charge < -0.3 is 0 Å². The third-order valence-corrected chi connectivity index (χ3v) is 3.18. The zero-order valence-electron chi connectivity index (χ0n) is 7.24. The van der Waals surface area contributed by atoms with E-state index in [1.165, 1.54) is 12.1 Å². The van der Waals surface area contributed by atoms with Crippen LogP contribution >= 0.6 is 12.6 Å². The van der Waals surface area contributed by atoms with E-state index in [0.29, 0.717) is 0 Å². The van der Waals surface area contributed by atoms with E-state index >= 15 is 0 Å². The summed E-state index contributed by atoms with van der Waals surface area (Å²) < 4.78 is 46.8. The fourth-order valence-corrected chi connectivity index (χ4v) is 1.83. The fraction of sp³-hybridized carbons (Fsp3) is 0.250. The standard InChI is InChI=1S/C8H8F2O2S2/c1-14(11,12)5-2-3-7(13)6(4-5)8(9)10/h2-4,8,13H,1H3. The van der Waals surface area contributed by atoms with E-state index in [9.17, 15) is 17.2 Å². The van der Waals surface area contributed by atoms with Crippen LogP contribution in [0.3, 0.4) is 0 Å². The molecule has 0 spiro atoms. The predicted molar refractivity (Wildman–Crippen MR) is 51.8 cm³/mol. The molecule has 0 amide bonds. The normalized spacial score (nSPS) is 12.1. The molecule has 0 saturated heterocycles. The molecule has 1 aromatic rings. The molecule has 0 atom stereocenters. The molecule has 1 aromatic carbocycles. The molecule has 2 nitrogen and oxygen atoms in total. The molecule has 0 bridgehead atoms. The second-order valence-corrected chi connectivity index (χ2v) is 5.29. The van der Waals surface area contributed by atoms with Crippen molar-refractivity contribution in [3.05, 3.63) is 23.8 Å². The van der Waals surface area contributed by atoms with Gasteiger partial charge in [0.05, 0.1) is 4.90 Å². The highest BCUT2D eigenvalue weighted by molar-refractivity contribution is 7.90. The molecule has 14 heavy (non-hydrogen) atoms.